The third kappa shape index (κ3) is 4.30. The van der Waals surface area contributed by atoms with Crippen LogP contribution in [0.5, 0.6) is 0 Å². The number of ether oxygens (including phenoxy) is 1. The summed E-state index contributed by atoms with van der Waals surface area (Å²) in [7, 11) is 0. The van der Waals surface area contributed by atoms with E-state index in [2.05, 4.69) is 22.3 Å². The van der Waals surface area contributed by atoms with Gasteiger partial charge in [0.1, 0.15) is 11.1 Å². The quantitative estimate of drug-likeness (QED) is 0.691. The van der Waals surface area contributed by atoms with Gasteiger partial charge in [-0.25, -0.2) is 4.79 Å². The fraction of sp³-hybridized carbons (Fsp3) is 0.273. The first kappa shape index (κ1) is 18.4. The van der Waals surface area contributed by atoms with Crippen LogP contribution >= 0.6 is 0 Å². The molecule has 0 spiro atoms. The van der Waals surface area contributed by atoms with E-state index in [1.165, 1.54) is 5.56 Å². The summed E-state index contributed by atoms with van der Waals surface area (Å²) in [4.78, 5) is 26.9. The van der Waals surface area contributed by atoms with Gasteiger partial charge in [0.2, 0.25) is 0 Å². The predicted molar refractivity (Wildman–Crippen MR) is 106 cm³/mol. The Balaban J connectivity index is 1.38. The van der Waals surface area contributed by atoms with Crippen molar-refractivity contribution in [3.63, 3.8) is 0 Å². The lowest BCUT2D eigenvalue weighted by molar-refractivity contribution is 0.0342. The number of nitrogens with zero attached hydrogens (tertiary/aromatic N) is 1. The average Bonchev–Trinajstić information content (AvgIpc) is 2.73. The van der Waals surface area contributed by atoms with Crippen LogP contribution in [0.15, 0.2) is 63.8 Å². The van der Waals surface area contributed by atoms with Gasteiger partial charge < -0.3 is 14.5 Å². The molecule has 1 aliphatic rings. The summed E-state index contributed by atoms with van der Waals surface area (Å²) >= 11 is 0. The Bertz CT molecular complexity index is 1020. The van der Waals surface area contributed by atoms with E-state index in [0.29, 0.717) is 12.1 Å². The SMILES string of the molecule is O=C(NCc1ccc(CN2CCOCC2)cc1)c1cc2ccccc2oc1=O. The van der Waals surface area contributed by atoms with Gasteiger partial charge in [-0.2, -0.15) is 0 Å². The highest BCUT2D eigenvalue weighted by Gasteiger charge is 2.14. The number of nitrogens with one attached hydrogen (secondary N) is 1. The molecule has 1 N–H and O–H groups in total. The van der Waals surface area contributed by atoms with Crippen molar-refractivity contribution in [3.05, 3.63) is 81.7 Å². The molecule has 1 amide bonds. The van der Waals surface area contributed by atoms with Crippen LogP contribution in [-0.2, 0) is 17.8 Å². The van der Waals surface area contributed by atoms with Gasteiger partial charge in [-0.3, -0.25) is 9.69 Å². The van der Waals surface area contributed by atoms with Crippen LogP contribution in [0.3, 0.4) is 0 Å². The third-order valence-corrected chi connectivity index (χ3v) is 4.87. The van der Waals surface area contributed by atoms with Crippen LogP contribution in [0.2, 0.25) is 0 Å². The van der Waals surface area contributed by atoms with E-state index in [9.17, 15) is 9.59 Å². The molecule has 0 atom stereocenters. The Morgan fingerprint density at radius 3 is 2.50 bits per heavy atom. The summed E-state index contributed by atoms with van der Waals surface area (Å²) in [5, 5.41) is 3.52. The maximum absolute atomic E-state index is 12.4. The fourth-order valence-electron chi connectivity index (χ4n) is 3.28. The van der Waals surface area contributed by atoms with Crippen molar-refractivity contribution in [1.82, 2.24) is 10.2 Å². The second kappa shape index (κ2) is 8.37. The van der Waals surface area contributed by atoms with Gasteiger partial charge in [0.05, 0.1) is 13.2 Å². The highest BCUT2D eigenvalue weighted by molar-refractivity contribution is 5.96. The van der Waals surface area contributed by atoms with Crippen LogP contribution in [0.1, 0.15) is 21.5 Å². The van der Waals surface area contributed by atoms with Gasteiger partial charge in [-0.1, -0.05) is 42.5 Å². The molecule has 1 aromatic heterocycles. The molecule has 4 rings (SSSR count). The minimum Gasteiger partial charge on any atom is -0.422 e. The van der Waals surface area contributed by atoms with Gasteiger partial charge in [0.15, 0.2) is 0 Å². The van der Waals surface area contributed by atoms with E-state index in [1.54, 1.807) is 18.2 Å². The molecule has 3 aromatic rings. The van der Waals surface area contributed by atoms with E-state index in [0.717, 1.165) is 43.8 Å². The number of hydrogen-bond donors (Lipinski definition) is 1. The van der Waals surface area contributed by atoms with Crippen LogP contribution in [0, 0.1) is 0 Å². The fourth-order valence-corrected chi connectivity index (χ4v) is 3.28. The van der Waals surface area contributed by atoms with Crippen molar-refractivity contribution in [2.24, 2.45) is 0 Å². The first-order chi connectivity index (χ1) is 13.7. The molecule has 0 saturated carbocycles. The first-order valence-electron chi connectivity index (χ1n) is 9.38. The molecule has 2 heterocycles. The molecule has 0 unspecified atom stereocenters. The molecule has 6 heteroatoms. The zero-order chi connectivity index (χ0) is 19.3. The van der Waals surface area contributed by atoms with Crippen LogP contribution in [-0.4, -0.2) is 37.1 Å². The minimum atomic E-state index is -0.628. The maximum Gasteiger partial charge on any atom is 0.349 e. The molecule has 0 bridgehead atoms. The monoisotopic (exact) mass is 378 g/mol. The summed E-state index contributed by atoms with van der Waals surface area (Å²) in [5.41, 5.74) is 2.07. The molecule has 6 nitrogen and oxygen atoms in total. The summed E-state index contributed by atoms with van der Waals surface area (Å²) in [6.45, 7) is 4.72. The normalized spacial score (nSPS) is 14.9. The number of amides is 1. The van der Waals surface area contributed by atoms with Crippen molar-refractivity contribution in [1.29, 1.82) is 0 Å². The van der Waals surface area contributed by atoms with Gasteiger partial charge in [0, 0.05) is 31.6 Å². The highest BCUT2D eigenvalue weighted by atomic mass is 16.5. The van der Waals surface area contributed by atoms with Gasteiger partial charge in [-0.15, -0.1) is 0 Å². The summed E-state index contributed by atoms with van der Waals surface area (Å²) in [6, 6.07) is 16.8. The molecule has 1 saturated heterocycles. The second-order valence-corrected chi connectivity index (χ2v) is 6.87. The van der Waals surface area contributed by atoms with E-state index in [-0.39, 0.29) is 5.56 Å². The standard InChI is InChI=1S/C22H22N2O4/c25-21(19-13-18-3-1-2-4-20(18)28-22(19)26)23-14-16-5-7-17(8-6-16)15-24-9-11-27-12-10-24/h1-8,13H,9-12,14-15H2,(H,23,25). The lowest BCUT2D eigenvalue weighted by atomic mass is 10.1. The number of para-hydroxylation sites is 1. The summed E-state index contributed by atoms with van der Waals surface area (Å²) in [6.07, 6.45) is 0. The van der Waals surface area contributed by atoms with E-state index in [4.69, 9.17) is 9.15 Å². The highest BCUT2D eigenvalue weighted by Crippen LogP contribution is 2.13. The maximum atomic E-state index is 12.4. The van der Waals surface area contributed by atoms with Crippen LogP contribution in [0.4, 0.5) is 0 Å². The van der Waals surface area contributed by atoms with E-state index in [1.807, 2.05) is 24.3 Å². The molecule has 2 aromatic carbocycles. The molecular formula is C22H22N2O4. The third-order valence-electron chi connectivity index (χ3n) is 4.87. The Labute approximate surface area is 162 Å². The first-order valence-corrected chi connectivity index (χ1v) is 9.38. The smallest absolute Gasteiger partial charge is 0.349 e. The Morgan fingerprint density at radius 1 is 1.00 bits per heavy atom. The number of benzene rings is 2. The number of carbonyl (C=O) groups is 1. The number of rotatable bonds is 5. The van der Waals surface area contributed by atoms with Crippen molar-refractivity contribution < 1.29 is 13.9 Å². The zero-order valence-corrected chi connectivity index (χ0v) is 15.5. The number of fused-ring (bicyclic) bond motifs is 1. The summed E-state index contributed by atoms with van der Waals surface area (Å²) < 4.78 is 10.6. The van der Waals surface area contributed by atoms with Crippen molar-refractivity contribution in [2.45, 2.75) is 13.1 Å². The summed E-state index contributed by atoms with van der Waals surface area (Å²) in [5.74, 6) is -0.433. The molecule has 1 aliphatic heterocycles. The number of carbonyl (C=O) groups excluding carboxylic acids is 1. The lowest BCUT2D eigenvalue weighted by Crippen LogP contribution is -2.35. The Hall–Kier alpha value is -2.96. The van der Waals surface area contributed by atoms with Crippen molar-refractivity contribution in [3.8, 4) is 0 Å². The Morgan fingerprint density at radius 2 is 1.71 bits per heavy atom. The minimum absolute atomic E-state index is 0.0163. The van der Waals surface area contributed by atoms with E-state index >= 15 is 0 Å². The molecule has 144 valence electrons. The average molecular weight is 378 g/mol. The van der Waals surface area contributed by atoms with E-state index < -0.39 is 11.5 Å². The van der Waals surface area contributed by atoms with Gasteiger partial charge >= 0.3 is 5.63 Å². The van der Waals surface area contributed by atoms with Crippen LogP contribution < -0.4 is 10.9 Å². The van der Waals surface area contributed by atoms with Crippen molar-refractivity contribution >= 4 is 16.9 Å². The zero-order valence-electron chi connectivity index (χ0n) is 15.5. The topological polar surface area (TPSA) is 71.8 Å². The van der Waals surface area contributed by atoms with Crippen molar-refractivity contribution in [2.75, 3.05) is 26.3 Å². The molecule has 0 aliphatic carbocycles. The molecule has 28 heavy (non-hydrogen) atoms. The largest absolute Gasteiger partial charge is 0.422 e. The second-order valence-electron chi connectivity index (χ2n) is 6.87. The molecule has 0 radical (unpaired) electrons. The van der Waals surface area contributed by atoms with Gasteiger partial charge in [-0.05, 0) is 23.3 Å². The molecule has 1 fully saturated rings. The lowest BCUT2D eigenvalue weighted by Gasteiger charge is -2.26. The van der Waals surface area contributed by atoms with Gasteiger partial charge in [0.25, 0.3) is 5.91 Å². The number of hydrogen-bond acceptors (Lipinski definition) is 5. The molecular weight excluding hydrogens is 356 g/mol. The Kier molecular flexibility index (Phi) is 5.50. The number of morpholine rings is 1. The predicted octanol–water partition coefficient (Wildman–Crippen LogP) is 2.56. The van der Waals surface area contributed by atoms with Crippen LogP contribution in [0.25, 0.3) is 11.0 Å².